The van der Waals surface area contributed by atoms with E-state index in [2.05, 4.69) is 4.90 Å². The molecule has 1 aromatic rings. The monoisotopic (exact) mass is 299 g/mol. The van der Waals surface area contributed by atoms with Gasteiger partial charge in [0.1, 0.15) is 5.60 Å². The number of benzene rings is 1. The molecular weight excluding hydrogens is 282 g/mol. The molecule has 2 N–H and O–H groups in total. The van der Waals surface area contributed by atoms with E-state index in [-0.39, 0.29) is 23.6 Å². The molecule has 0 aromatic heterocycles. The molecular formula is C17H17NO4. The quantitative estimate of drug-likeness (QED) is 0.749. The summed E-state index contributed by atoms with van der Waals surface area (Å²) in [5.41, 5.74) is -0.0671. The van der Waals surface area contributed by atoms with Crippen LogP contribution in [0.5, 0.6) is 11.5 Å². The van der Waals surface area contributed by atoms with Gasteiger partial charge < -0.3 is 14.9 Å². The van der Waals surface area contributed by atoms with Gasteiger partial charge in [-0.05, 0) is 44.2 Å². The molecule has 2 bridgehead atoms. The van der Waals surface area contributed by atoms with E-state index in [1.165, 1.54) is 6.08 Å². The van der Waals surface area contributed by atoms with Crippen LogP contribution in [0.2, 0.25) is 0 Å². The van der Waals surface area contributed by atoms with Crippen LogP contribution >= 0.6 is 0 Å². The number of piperidine rings is 1. The molecule has 1 fully saturated rings. The number of rotatable bonds is 0. The summed E-state index contributed by atoms with van der Waals surface area (Å²) in [6.45, 7) is 1.98. The van der Waals surface area contributed by atoms with Gasteiger partial charge in [-0.15, -0.1) is 0 Å². The normalized spacial score (nSPS) is 44.1. The lowest BCUT2D eigenvalue weighted by molar-refractivity contribution is -0.150. The van der Waals surface area contributed by atoms with Crippen molar-refractivity contribution in [3.63, 3.8) is 0 Å². The van der Waals surface area contributed by atoms with E-state index in [1.54, 1.807) is 12.1 Å². The van der Waals surface area contributed by atoms with Gasteiger partial charge in [0.2, 0.25) is 0 Å². The van der Waals surface area contributed by atoms with E-state index in [4.69, 9.17) is 4.74 Å². The highest BCUT2D eigenvalue weighted by atomic mass is 16.5. The summed E-state index contributed by atoms with van der Waals surface area (Å²) in [4.78, 5) is 14.6. The topological polar surface area (TPSA) is 70.0 Å². The Morgan fingerprint density at radius 3 is 2.95 bits per heavy atom. The summed E-state index contributed by atoms with van der Waals surface area (Å²) in [6.07, 6.45) is 2.96. The van der Waals surface area contributed by atoms with Gasteiger partial charge >= 0.3 is 0 Å². The highest BCUT2D eigenvalue weighted by Gasteiger charge is 2.73. The number of ether oxygens (including phenoxy) is 1. The second-order valence-electron chi connectivity index (χ2n) is 6.97. The average Bonchev–Trinajstić information content (AvgIpc) is 3.00. The first-order chi connectivity index (χ1) is 10.4. The predicted octanol–water partition coefficient (Wildman–Crippen LogP) is 1.04. The number of hydrogen-bond donors (Lipinski definition) is 2. The first-order valence-electron chi connectivity index (χ1n) is 7.62. The van der Waals surface area contributed by atoms with Crippen LogP contribution in [-0.2, 0) is 10.2 Å². The highest BCUT2D eigenvalue weighted by molar-refractivity contribution is 5.99. The van der Waals surface area contributed by atoms with Crippen LogP contribution in [0, 0.1) is 0 Å². The number of phenols is 1. The summed E-state index contributed by atoms with van der Waals surface area (Å²) < 4.78 is 5.86. The molecule has 2 heterocycles. The third kappa shape index (κ3) is 0.998. The number of nitrogens with zero attached hydrogens (tertiary/aromatic N) is 1. The number of likely N-dealkylation sites (N-methyl/N-ethyl adjacent to an activating group) is 1. The fraction of sp³-hybridized carbons (Fsp3) is 0.471. The van der Waals surface area contributed by atoms with Crippen molar-refractivity contribution in [2.24, 2.45) is 0 Å². The van der Waals surface area contributed by atoms with Crippen molar-refractivity contribution >= 4 is 5.78 Å². The number of fused-ring (bicyclic) bond motifs is 2. The molecule has 5 rings (SSSR count). The first kappa shape index (κ1) is 12.7. The second kappa shape index (κ2) is 3.39. The van der Waals surface area contributed by atoms with E-state index < -0.39 is 17.1 Å². The molecule has 5 nitrogen and oxygen atoms in total. The average molecular weight is 299 g/mol. The summed E-state index contributed by atoms with van der Waals surface area (Å²) in [6, 6.07) is 3.51. The Labute approximate surface area is 127 Å². The minimum absolute atomic E-state index is 0.0422. The van der Waals surface area contributed by atoms with Crippen LogP contribution in [0.1, 0.15) is 30.5 Å². The fourth-order valence-electron chi connectivity index (χ4n) is 5.19. The summed E-state index contributed by atoms with van der Waals surface area (Å²) in [5.74, 6) is 0.284. The molecule has 2 aliphatic heterocycles. The van der Waals surface area contributed by atoms with Crippen molar-refractivity contribution < 1.29 is 19.7 Å². The minimum Gasteiger partial charge on any atom is -0.504 e. The SMILES string of the molecule is CC1N(C)C2CC34c5c2ccc(O)c5OC3C(=O)C=CC14O. The first-order valence-corrected chi connectivity index (χ1v) is 7.62. The molecule has 1 saturated heterocycles. The molecule has 4 aliphatic rings. The van der Waals surface area contributed by atoms with Gasteiger partial charge in [0.25, 0.3) is 0 Å². The maximum atomic E-state index is 12.4. The van der Waals surface area contributed by atoms with Gasteiger partial charge in [-0.1, -0.05) is 6.07 Å². The zero-order chi connectivity index (χ0) is 15.4. The Hall–Kier alpha value is -1.85. The molecule has 22 heavy (non-hydrogen) atoms. The van der Waals surface area contributed by atoms with Crippen LogP contribution in [0.3, 0.4) is 0 Å². The van der Waals surface area contributed by atoms with Crippen LogP contribution in [0.15, 0.2) is 24.3 Å². The number of carbonyl (C=O) groups is 1. The number of hydrogen-bond acceptors (Lipinski definition) is 5. The summed E-state index contributed by atoms with van der Waals surface area (Å²) in [5, 5.41) is 21.7. The number of aliphatic hydroxyl groups is 1. The third-order valence-electron chi connectivity index (χ3n) is 6.39. The maximum Gasteiger partial charge on any atom is 0.196 e. The van der Waals surface area contributed by atoms with Crippen molar-refractivity contribution in [1.29, 1.82) is 0 Å². The third-order valence-corrected chi connectivity index (χ3v) is 6.39. The lowest BCUT2D eigenvalue weighted by Crippen LogP contribution is -2.70. The number of aromatic hydroxyl groups is 1. The second-order valence-corrected chi connectivity index (χ2v) is 6.97. The van der Waals surface area contributed by atoms with Gasteiger partial charge in [0.05, 0.1) is 5.41 Å². The van der Waals surface area contributed by atoms with E-state index >= 15 is 0 Å². The lowest BCUT2D eigenvalue weighted by Gasteiger charge is -2.55. The summed E-state index contributed by atoms with van der Waals surface area (Å²) >= 11 is 0. The Bertz CT molecular complexity index is 772. The van der Waals surface area contributed by atoms with E-state index in [1.807, 2.05) is 20.0 Å². The van der Waals surface area contributed by atoms with Crippen molar-refractivity contribution in [3.8, 4) is 11.5 Å². The van der Waals surface area contributed by atoms with Crippen LogP contribution in [-0.4, -0.2) is 45.7 Å². The molecule has 2 aliphatic carbocycles. The Morgan fingerprint density at radius 1 is 1.41 bits per heavy atom. The molecule has 1 spiro atoms. The van der Waals surface area contributed by atoms with Crippen molar-refractivity contribution in [3.05, 3.63) is 35.4 Å². The predicted molar refractivity (Wildman–Crippen MR) is 77.9 cm³/mol. The number of phenolic OH excluding ortho intramolecular Hbond substituents is 1. The van der Waals surface area contributed by atoms with E-state index in [0.29, 0.717) is 12.2 Å². The molecule has 0 saturated carbocycles. The maximum absolute atomic E-state index is 12.4. The van der Waals surface area contributed by atoms with Gasteiger partial charge in [-0.3, -0.25) is 9.69 Å². The van der Waals surface area contributed by atoms with Crippen LogP contribution < -0.4 is 4.74 Å². The molecule has 114 valence electrons. The molecule has 1 aromatic carbocycles. The smallest absolute Gasteiger partial charge is 0.196 e. The zero-order valence-electron chi connectivity index (χ0n) is 12.4. The van der Waals surface area contributed by atoms with Crippen molar-refractivity contribution in [1.82, 2.24) is 4.90 Å². The molecule has 0 amide bonds. The Kier molecular flexibility index (Phi) is 1.95. The lowest BCUT2D eigenvalue weighted by atomic mass is 9.57. The number of carbonyl (C=O) groups excluding carboxylic acids is 1. The Balaban J connectivity index is 1.93. The number of ketones is 1. The van der Waals surface area contributed by atoms with Gasteiger partial charge in [0, 0.05) is 17.6 Å². The molecule has 0 radical (unpaired) electrons. The standard InChI is InChI=1S/C17H17NO4/c1-8-17(21)6-5-12(20)15-16(17)7-10(18(8)2)9-3-4-11(19)14(22-15)13(9)16/h3-6,8,10,15,19,21H,7H2,1-2H3. The van der Waals surface area contributed by atoms with Crippen LogP contribution in [0.4, 0.5) is 0 Å². The minimum atomic E-state index is -1.18. The molecule has 5 atom stereocenters. The molecule has 5 unspecified atom stereocenters. The van der Waals surface area contributed by atoms with E-state index in [9.17, 15) is 15.0 Å². The van der Waals surface area contributed by atoms with Crippen LogP contribution in [0.25, 0.3) is 0 Å². The van der Waals surface area contributed by atoms with Crippen molar-refractivity contribution in [2.45, 2.75) is 42.5 Å². The largest absolute Gasteiger partial charge is 0.504 e. The van der Waals surface area contributed by atoms with E-state index in [0.717, 1.165) is 11.1 Å². The van der Waals surface area contributed by atoms with Gasteiger partial charge in [-0.25, -0.2) is 0 Å². The Morgan fingerprint density at radius 2 is 2.18 bits per heavy atom. The molecule has 5 heteroatoms. The van der Waals surface area contributed by atoms with Gasteiger partial charge in [0.15, 0.2) is 23.4 Å². The fourth-order valence-corrected chi connectivity index (χ4v) is 5.19. The number of likely N-dealkylation sites (tertiary alicyclic amines) is 1. The summed E-state index contributed by atoms with van der Waals surface area (Å²) in [7, 11) is 2.00. The zero-order valence-corrected chi connectivity index (χ0v) is 12.4. The van der Waals surface area contributed by atoms with Gasteiger partial charge in [-0.2, -0.15) is 0 Å². The van der Waals surface area contributed by atoms with Crippen molar-refractivity contribution in [2.75, 3.05) is 7.05 Å². The highest BCUT2D eigenvalue weighted by Crippen LogP contribution is 2.68.